The van der Waals surface area contributed by atoms with Gasteiger partial charge in [0.15, 0.2) is 11.5 Å². The number of amides is 1. The minimum absolute atomic E-state index is 0.0423. The van der Waals surface area contributed by atoms with E-state index in [-0.39, 0.29) is 18.1 Å². The number of thioether (sulfide) groups is 1. The van der Waals surface area contributed by atoms with Gasteiger partial charge in [-0.3, -0.25) is 4.79 Å². The van der Waals surface area contributed by atoms with Crippen LogP contribution >= 0.6 is 23.4 Å². The number of nitrogens with one attached hydrogen (secondary N) is 1. The van der Waals surface area contributed by atoms with Gasteiger partial charge in [-0.1, -0.05) is 17.7 Å². The molecule has 0 unspecified atom stereocenters. The van der Waals surface area contributed by atoms with Gasteiger partial charge < -0.3 is 19.5 Å². The number of hydrogen-bond donors (Lipinski definition) is 1. The second kappa shape index (κ2) is 12.8. The van der Waals surface area contributed by atoms with Crippen LogP contribution in [0.4, 0.5) is 0 Å². The van der Waals surface area contributed by atoms with Crippen molar-refractivity contribution in [1.29, 1.82) is 0 Å². The number of carbonyl (C=O) groups is 1. The van der Waals surface area contributed by atoms with Crippen LogP contribution in [-0.2, 0) is 16.0 Å². The van der Waals surface area contributed by atoms with E-state index in [0.29, 0.717) is 29.5 Å². The third-order valence-corrected chi connectivity index (χ3v) is 5.57. The SMILES string of the molecule is COc1cc(CCNC(=O)[C@@H](CSc2ccc(Cl)cc2)OC(C)C)ccc1OC(C)C. The molecule has 2 aromatic rings. The molecule has 0 spiro atoms. The molecule has 31 heavy (non-hydrogen) atoms. The molecule has 0 aliphatic carbocycles. The fourth-order valence-electron chi connectivity index (χ4n) is 2.87. The molecule has 170 valence electrons. The monoisotopic (exact) mass is 465 g/mol. The molecule has 0 bridgehead atoms. The lowest BCUT2D eigenvalue weighted by molar-refractivity contribution is -0.133. The lowest BCUT2D eigenvalue weighted by Gasteiger charge is -2.20. The van der Waals surface area contributed by atoms with Crippen LogP contribution in [0, 0.1) is 0 Å². The van der Waals surface area contributed by atoms with Gasteiger partial charge in [0.05, 0.1) is 19.3 Å². The fraction of sp³-hybridized carbons (Fsp3) is 0.458. The molecule has 5 nitrogen and oxygen atoms in total. The number of carbonyl (C=O) groups excluding carboxylic acids is 1. The normalized spacial score (nSPS) is 12.1. The predicted molar refractivity (Wildman–Crippen MR) is 128 cm³/mol. The summed E-state index contributed by atoms with van der Waals surface area (Å²) in [5.41, 5.74) is 1.06. The summed E-state index contributed by atoms with van der Waals surface area (Å²) in [6.07, 6.45) is 0.182. The lowest BCUT2D eigenvalue weighted by Crippen LogP contribution is -2.40. The zero-order valence-corrected chi connectivity index (χ0v) is 20.4. The Morgan fingerprint density at radius 3 is 2.35 bits per heavy atom. The van der Waals surface area contributed by atoms with Gasteiger partial charge in [-0.15, -0.1) is 11.8 Å². The summed E-state index contributed by atoms with van der Waals surface area (Å²) in [5, 5.41) is 3.69. The third kappa shape index (κ3) is 9.01. The zero-order valence-electron chi connectivity index (χ0n) is 18.8. The van der Waals surface area contributed by atoms with Gasteiger partial charge in [-0.25, -0.2) is 0 Å². The number of rotatable bonds is 12. The molecule has 0 fully saturated rings. The maximum absolute atomic E-state index is 12.7. The summed E-state index contributed by atoms with van der Waals surface area (Å²) in [5.74, 6) is 1.83. The van der Waals surface area contributed by atoms with Crippen molar-refractivity contribution in [1.82, 2.24) is 5.32 Å². The van der Waals surface area contributed by atoms with Crippen molar-refractivity contribution in [2.45, 2.75) is 57.3 Å². The molecule has 0 aromatic heterocycles. The van der Waals surface area contributed by atoms with Crippen LogP contribution in [0.5, 0.6) is 11.5 Å². The summed E-state index contributed by atoms with van der Waals surface area (Å²) >= 11 is 7.51. The van der Waals surface area contributed by atoms with Crippen LogP contribution in [0.2, 0.25) is 5.02 Å². The highest BCUT2D eigenvalue weighted by atomic mass is 35.5. The minimum atomic E-state index is -0.531. The standard InChI is InChI=1S/C24H32ClNO4S/c1-16(2)29-21-11-6-18(14-22(21)28-5)12-13-26-24(27)23(30-17(3)4)15-31-20-9-7-19(25)8-10-20/h6-11,14,16-17,23H,12-13,15H2,1-5H3,(H,26,27)/t23-/m1/s1. The summed E-state index contributed by atoms with van der Waals surface area (Å²) < 4.78 is 17.0. The summed E-state index contributed by atoms with van der Waals surface area (Å²) in [6, 6.07) is 13.4. The van der Waals surface area contributed by atoms with Gasteiger partial charge >= 0.3 is 0 Å². The zero-order chi connectivity index (χ0) is 22.8. The summed E-state index contributed by atoms with van der Waals surface area (Å²) in [7, 11) is 1.63. The van der Waals surface area contributed by atoms with Crippen LogP contribution in [0.3, 0.4) is 0 Å². The summed E-state index contributed by atoms with van der Waals surface area (Å²) in [6.45, 7) is 8.32. The van der Waals surface area contributed by atoms with Crippen molar-refractivity contribution in [3.05, 3.63) is 53.1 Å². The van der Waals surface area contributed by atoms with Crippen LogP contribution in [-0.4, -0.2) is 43.6 Å². The van der Waals surface area contributed by atoms with Crippen molar-refractivity contribution in [3.63, 3.8) is 0 Å². The van der Waals surface area contributed by atoms with E-state index in [1.807, 2.05) is 70.2 Å². The van der Waals surface area contributed by atoms with Crippen LogP contribution in [0.25, 0.3) is 0 Å². The Labute approximate surface area is 194 Å². The Morgan fingerprint density at radius 2 is 1.74 bits per heavy atom. The maximum Gasteiger partial charge on any atom is 0.250 e. The predicted octanol–water partition coefficient (Wildman–Crippen LogP) is 5.38. The smallest absolute Gasteiger partial charge is 0.250 e. The second-order valence-electron chi connectivity index (χ2n) is 7.63. The second-order valence-corrected chi connectivity index (χ2v) is 9.16. The molecule has 0 aliphatic heterocycles. The average Bonchev–Trinajstić information content (AvgIpc) is 2.72. The van der Waals surface area contributed by atoms with Crippen molar-refractivity contribution < 1.29 is 19.0 Å². The molecular weight excluding hydrogens is 434 g/mol. The molecule has 7 heteroatoms. The topological polar surface area (TPSA) is 56.8 Å². The lowest BCUT2D eigenvalue weighted by atomic mass is 10.1. The van der Waals surface area contributed by atoms with Gasteiger partial charge in [0.2, 0.25) is 5.91 Å². The number of ether oxygens (including phenoxy) is 3. The molecule has 1 N–H and O–H groups in total. The van der Waals surface area contributed by atoms with Crippen molar-refractivity contribution >= 4 is 29.3 Å². The number of methoxy groups -OCH3 is 1. The first-order valence-electron chi connectivity index (χ1n) is 10.4. The van der Waals surface area contributed by atoms with Crippen LogP contribution < -0.4 is 14.8 Å². The van der Waals surface area contributed by atoms with Gasteiger partial charge in [0.1, 0.15) is 6.10 Å². The quantitative estimate of drug-likeness (QED) is 0.426. The Balaban J connectivity index is 1.90. The summed E-state index contributed by atoms with van der Waals surface area (Å²) in [4.78, 5) is 13.8. The molecule has 1 amide bonds. The minimum Gasteiger partial charge on any atom is -0.493 e. The molecule has 2 aromatic carbocycles. The van der Waals surface area contributed by atoms with E-state index in [4.69, 9.17) is 25.8 Å². The highest BCUT2D eigenvalue weighted by molar-refractivity contribution is 7.99. The Morgan fingerprint density at radius 1 is 1.03 bits per heavy atom. The van der Waals surface area contributed by atoms with E-state index in [1.165, 1.54) is 0 Å². The number of benzene rings is 2. The van der Waals surface area contributed by atoms with E-state index in [1.54, 1.807) is 18.9 Å². The molecule has 0 saturated heterocycles. The fourth-order valence-corrected chi connectivity index (χ4v) is 3.90. The molecule has 0 aliphatic rings. The van der Waals surface area contributed by atoms with E-state index in [2.05, 4.69) is 5.32 Å². The molecule has 2 rings (SSSR count). The number of hydrogen-bond acceptors (Lipinski definition) is 5. The van der Waals surface area contributed by atoms with E-state index < -0.39 is 6.10 Å². The van der Waals surface area contributed by atoms with Crippen LogP contribution in [0.15, 0.2) is 47.4 Å². The first kappa shape index (κ1) is 25.4. The van der Waals surface area contributed by atoms with Gasteiger partial charge in [0.25, 0.3) is 0 Å². The van der Waals surface area contributed by atoms with E-state index in [9.17, 15) is 4.79 Å². The molecule has 0 heterocycles. The average molecular weight is 466 g/mol. The van der Waals surface area contributed by atoms with Gasteiger partial charge in [-0.05, 0) is 76.1 Å². The maximum atomic E-state index is 12.7. The first-order valence-corrected chi connectivity index (χ1v) is 11.8. The van der Waals surface area contributed by atoms with Crippen molar-refractivity contribution in [2.75, 3.05) is 19.4 Å². The Hall–Kier alpha value is -1.89. The first-order chi connectivity index (χ1) is 14.8. The van der Waals surface area contributed by atoms with Crippen molar-refractivity contribution in [3.8, 4) is 11.5 Å². The van der Waals surface area contributed by atoms with Gasteiger partial charge in [0, 0.05) is 22.2 Å². The van der Waals surface area contributed by atoms with Crippen molar-refractivity contribution in [2.24, 2.45) is 0 Å². The third-order valence-electron chi connectivity index (χ3n) is 4.25. The van der Waals surface area contributed by atoms with Crippen LogP contribution in [0.1, 0.15) is 33.3 Å². The Bertz CT molecular complexity index is 827. The van der Waals surface area contributed by atoms with Gasteiger partial charge in [-0.2, -0.15) is 0 Å². The highest BCUT2D eigenvalue weighted by Gasteiger charge is 2.20. The van der Waals surface area contributed by atoms with E-state index >= 15 is 0 Å². The molecule has 1 atom stereocenters. The molecular formula is C24H32ClNO4S. The number of halogens is 1. The Kier molecular flexibility index (Phi) is 10.5. The molecule has 0 radical (unpaired) electrons. The largest absolute Gasteiger partial charge is 0.493 e. The molecule has 0 saturated carbocycles. The highest BCUT2D eigenvalue weighted by Crippen LogP contribution is 2.29. The van der Waals surface area contributed by atoms with E-state index in [0.717, 1.165) is 16.2 Å².